The van der Waals surface area contributed by atoms with Crippen LogP contribution >= 0.6 is 0 Å². The van der Waals surface area contributed by atoms with Crippen LogP contribution < -0.4 is 15.0 Å². The minimum absolute atomic E-state index is 0.0877. The third kappa shape index (κ3) is 5.34. The van der Waals surface area contributed by atoms with E-state index in [1.807, 2.05) is 69.4 Å². The monoisotopic (exact) mass is 521 g/mol. The zero-order valence-corrected chi connectivity index (χ0v) is 22.4. The summed E-state index contributed by atoms with van der Waals surface area (Å²) < 4.78 is 8.13. The number of fused-ring (bicyclic) bond motifs is 1. The van der Waals surface area contributed by atoms with Crippen molar-refractivity contribution >= 4 is 40.5 Å². The van der Waals surface area contributed by atoms with E-state index in [-0.39, 0.29) is 5.57 Å². The molecular formula is C32H31N3O4. The van der Waals surface area contributed by atoms with Crippen molar-refractivity contribution in [3.8, 4) is 5.75 Å². The molecule has 0 unspecified atom stereocenters. The lowest BCUT2D eigenvalue weighted by molar-refractivity contribution is -0.122. The summed E-state index contributed by atoms with van der Waals surface area (Å²) in [5.74, 6) is -0.458. The van der Waals surface area contributed by atoms with E-state index in [1.54, 1.807) is 18.2 Å². The molecule has 1 N–H and O–H groups in total. The van der Waals surface area contributed by atoms with Crippen LogP contribution in [0.5, 0.6) is 5.75 Å². The summed E-state index contributed by atoms with van der Waals surface area (Å²) in [5.41, 5.74) is 5.39. The number of imide groups is 2. The van der Waals surface area contributed by atoms with Crippen LogP contribution in [0.25, 0.3) is 17.0 Å². The third-order valence-corrected chi connectivity index (χ3v) is 6.97. The molecule has 1 saturated heterocycles. The Hall–Kier alpha value is -4.65. The van der Waals surface area contributed by atoms with Crippen LogP contribution in [0.2, 0.25) is 0 Å². The van der Waals surface area contributed by atoms with Gasteiger partial charge in [0.15, 0.2) is 0 Å². The van der Waals surface area contributed by atoms with Crippen LogP contribution in [0.4, 0.5) is 10.5 Å². The summed E-state index contributed by atoms with van der Waals surface area (Å²) in [7, 11) is 0. The number of amides is 4. The summed E-state index contributed by atoms with van der Waals surface area (Å²) in [6, 6.07) is 20.4. The quantitative estimate of drug-likeness (QED) is 0.176. The van der Waals surface area contributed by atoms with Gasteiger partial charge in [0.2, 0.25) is 0 Å². The number of barbiturate groups is 1. The fourth-order valence-electron chi connectivity index (χ4n) is 4.78. The van der Waals surface area contributed by atoms with Crippen LogP contribution in [0, 0.1) is 13.8 Å². The highest BCUT2D eigenvalue weighted by atomic mass is 16.5. The van der Waals surface area contributed by atoms with E-state index in [2.05, 4.69) is 22.0 Å². The molecular weight excluding hydrogens is 490 g/mol. The first kappa shape index (κ1) is 26.0. The van der Waals surface area contributed by atoms with Crippen molar-refractivity contribution < 1.29 is 19.1 Å². The Bertz CT molecular complexity index is 1600. The van der Waals surface area contributed by atoms with Gasteiger partial charge < -0.3 is 9.30 Å². The Morgan fingerprint density at radius 2 is 1.72 bits per heavy atom. The number of anilines is 1. The molecule has 1 aliphatic heterocycles. The highest BCUT2D eigenvalue weighted by Gasteiger charge is 2.37. The van der Waals surface area contributed by atoms with Gasteiger partial charge in [-0.15, -0.1) is 0 Å². The number of ether oxygens (including phenoxy) is 1. The van der Waals surface area contributed by atoms with Crippen molar-refractivity contribution in [2.24, 2.45) is 0 Å². The highest BCUT2D eigenvalue weighted by Crippen LogP contribution is 2.27. The van der Waals surface area contributed by atoms with Gasteiger partial charge in [-0.05, 0) is 73.7 Å². The van der Waals surface area contributed by atoms with Gasteiger partial charge in [0, 0.05) is 29.2 Å². The number of nitrogens with one attached hydrogen (secondary N) is 1. The SMILES string of the molecule is CCc1ccc(N2C(=O)NC(=O)/C(=C/c3cn(CCCOc4cc(C)ccc4C)c4ccccc34)C2=O)cc1. The number of nitrogens with zero attached hydrogens (tertiary/aromatic N) is 2. The highest BCUT2D eigenvalue weighted by molar-refractivity contribution is 6.39. The van der Waals surface area contributed by atoms with Crippen molar-refractivity contribution in [3.63, 3.8) is 0 Å². The van der Waals surface area contributed by atoms with E-state index in [4.69, 9.17) is 4.74 Å². The van der Waals surface area contributed by atoms with E-state index in [9.17, 15) is 14.4 Å². The van der Waals surface area contributed by atoms with Crippen molar-refractivity contribution in [1.82, 2.24) is 9.88 Å². The standard InChI is InChI=1S/C32H31N3O4/c1-4-23-12-14-25(15-13-23)35-31(37)27(30(36)33-32(35)38)19-24-20-34(28-9-6-5-8-26(24)28)16-7-17-39-29-18-21(2)10-11-22(29)3/h5-6,8-15,18-20H,4,7,16-17H2,1-3H3,(H,33,36,38)/b27-19-. The maximum absolute atomic E-state index is 13.4. The largest absolute Gasteiger partial charge is 0.493 e. The lowest BCUT2D eigenvalue weighted by Gasteiger charge is -2.26. The molecule has 1 aliphatic rings. The second-order valence-corrected chi connectivity index (χ2v) is 9.74. The van der Waals surface area contributed by atoms with Gasteiger partial charge in [-0.2, -0.15) is 0 Å². The van der Waals surface area contributed by atoms with Gasteiger partial charge in [0.1, 0.15) is 11.3 Å². The molecule has 2 heterocycles. The second kappa shape index (κ2) is 11.0. The molecule has 1 aromatic heterocycles. The van der Waals surface area contributed by atoms with Crippen LogP contribution in [-0.4, -0.2) is 29.0 Å². The molecule has 0 aliphatic carbocycles. The number of carbonyl (C=O) groups is 3. The zero-order valence-electron chi connectivity index (χ0n) is 22.4. The average Bonchev–Trinajstić information content (AvgIpc) is 3.28. The Balaban J connectivity index is 1.39. The predicted molar refractivity (Wildman–Crippen MR) is 153 cm³/mol. The predicted octanol–water partition coefficient (Wildman–Crippen LogP) is 5.96. The van der Waals surface area contributed by atoms with E-state index in [1.165, 1.54) is 0 Å². The fraction of sp³-hybridized carbons (Fsp3) is 0.219. The molecule has 0 radical (unpaired) electrons. The Morgan fingerprint density at radius 3 is 2.49 bits per heavy atom. The van der Waals surface area contributed by atoms with Crippen LogP contribution in [0.1, 0.15) is 35.6 Å². The number of urea groups is 1. The van der Waals surface area contributed by atoms with Crippen molar-refractivity contribution in [2.45, 2.75) is 40.2 Å². The second-order valence-electron chi connectivity index (χ2n) is 9.74. The normalized spacial score (nSPS) is 14.8. The average molecular weight is 522 g/mol. The van der Waals surface area contributed by atoms with E-state index < -0.39 is 17.8 Å². The number of aryl methyl sites for hydroxylation is 4. The van der Waals surface area contributed by atoms with Crippen LogP contribution in [0.3, 0.4) is 0 Å². The lowest BCUT2D eigenvalue weighted by atomic mass is 10.1. The minimum atomic E-state index is -0.752. The molecule has 1 fully saturated rings. The number of para-hydroxylation sites is 1. The van der Waals surface area contributed by atoms with Gasteiger partial charge >= 0.3 is 6.03 Å². The number of hydrogen-bond donors (Lipinski definition) is 1. The third-order valence-electron chi connectivity index (χ3n) is 6.97. The summed E-state index contributed by atoms with van der Waals surface area (Å²) >= 11 is 0. The summed E-state index contributed by atoms with van der Waals surface area (Å²) in [6.07, 6.45) is 5.12. The number of aromatic nitrogens is 1. The smallest absolute Gasteiger partial charge is 0.335 e. The van der Waals surface area contributed by atoms with Gasteiger partial charge in [-0.3, -0.25) is 14.9 Å². The molecule has 0 spiro atoms. The maximum atomic E-state index is 13.4. The fourth-order valence-corrected chi connectivity index (χ4v) is 4.78. The molecule has 7 nitrogen and oxygen atoms in total. The van der Waals surface area contributed by atoms with Crippen LogP contribution in [0.15, 0.2) is 78.5 Å². The van der Waals surface area contributed by atoms with Gasteiger partial charge in [-0.1, -0.05) is 49.4 Å². The Morgan fingerprint density at radius 1 is 0.949 bits per heavy atom. The number of hydrogen-bond acceptors (Lipinski definition) is 4. The molecule has 4 amide bonds. The molecule has 0 bridgehead atoms. The summed E-state index contributed by atoms with van der Waals surface area (Å²) in [6.45, 7) is 7.36. The molecule has 5 rings (SSSR count). The molecule has 3 aromatic carbocycles. The van der Waals surface area contributed by atoms with Crippen LogP contribution in [-0.2, 0) is 22.6 Å². The van der Waals surface area contributed by atoms with Gasteiger partial charge in [0.25, 0.3) is 11.8 Å². The number of benzene rings is 3. The van der Waals surface area contributed by atoms with E-state index >= 15 is 0 Å². The summed E-state index contributed by atoms with van der Waals surface area (Å²) in [5, 5.41) is 3.23. The molecule has 4 aromatic rings. The van der Waals surface area contributed by atoms with Gasteiger partial charge in [0.05, 0.1) is 12.3 Å². The van der Waals surface area contributed by atoms with Gasteiger partial charge in [-0.25, -0.2) is 9.69 Å². The molecule has 198 valence electrons. The zero-order chi connectivity index (χ0) is 27.5. The first-order valence-electron chi connectivity index (χ1n) is 13.1. The lowest BCUT2D eigenvalue weighted by Crippen LogP contribution is -2.54. The first-order valence-corrected chi connectivity index (χ1v) is 13.1. The first-order chi connectivity index (χ1) is 18.9. The van der Waals surface area contributed by atoms with E-state index in [0.717, 1.165) is 56.6 Å². The molecule has 39 heavy (non-hydrogen) atoms. The molecule has 0 saturated carbocycles. The topological polar surface area (TPSA) is 80.6 Å². The van der Waals surface area contributed by atoms with E-state index in [0.29, 0.717) is 18.8 Å². The van der Waals surface area contributed by atoms with Crippen molar-refractivity contribution in [1.29, 1.82) is 0 Å². The minimum Gasteiger partial charge on any atom is -0.493 e. The Labute approximate surface area is 227 Å². The maximum Gasteiger partial charge on any atom is 0.335 e. The summed E-state index contributed by atoms with van der Waals surface area (Å²) in [4.78, 5) is 39.8. The Kier molecular flexibility index (Phi) is 7.32. The number of rotatable bonds is 8. The number of carbonyl (C=O) groups excluding carboxylic acids is 3. The molecule has 7 heteroatoms. The van der Waals surface area contributed by atoms with Crippen molar-refractivity contribution in [2.75, 3.05) is 11.5 Å². The van der Waals surface area contributed by atoms with Crippen molar-refractivity contribution in [3.05, 3.63) is 101 Å². The molecule has 0 atom stereocenters.